The summed E-state index contributed by atoms with van der Waals surface area (Å²) in [4.78, 5) is 33.8. The number of amides is 1. The van der Waals surface area contributed by atoms with Gasteiger partial charge in [0.05, 0.1) is 12.1 Å². The Balaban J connectivity index is 1.35. The van der Waals surface area contributed by atoms with Gasteiger partial charge in [0.1, 0.15) is 0 Å². The zero-order valence-corrected chi connectivity index (χ0v) is 24.3. The van der Waals surface area contributed by atoms with E-state index in [2.05, 4.69) is 37.5 Å². The molecule has 0 spiro atoms. The monoisotopic (exact) mass is 531 g/mol. The Labute approximate surface area is 231 Å². The van der Waals surface area contributed by atoms with E-state index in [1.165, 1.54) is 0 Å². The van der Waals surface area contributed by atoms with E-state index in [0.29, 0.717) is 29.8 Å². The Bertz CT molecular complexity index is 1430. The number of nitrogens with one attached hydrogen (secondary N) is 1. The van der Waals surface area contributed by atoms with E-state index in [0.717, 1.165) is 72.2 Å². The van der Waals surface area contributed by atoms with Crippen molar-refractivity contribution in [3.63, 3.8) is 0 Å². The molecule has 208 valence electrons. The van der Waals surface area contributed by atoms with Gasteiger partial charge in [-0.3, -0.25) is 9.59 Å². The van der Waals surface area contributed by atoms with Crippen molar-refractivity contribution in [2.24, 2.45) is 5.41 Å². The van der Waals surface area contributed by atoms with E-state index in [-0.39, 0.29) is 29.0 Å². The average Bonchev–Trinajstić information content (AvgIpc) is 3.28. The first-order valence-corrected chi connectivity index (χ1v) is 14.3. The quantitative estimate of drug-likeness (QED) is 0.568. The SMILES string of the molecule is C=Cc1c2c(c(C)c3c1OC(C)(C14CCC(N(C)C)(CC1)CC4)O3)C(=O)N(Cc1c(C)cc(C)[nH]c1=O)CC2. The standard InChI is InChI=1S/C32H41N3O4/c1-8-22-23-9-16-35(18-24-19(2)17-20(3)33-28(24)36)29(37)25(23)21(4)26-27(22)39-30(5,38-26)31-10-13-32(14-11-31,15-12-31)34(6)7/h8,17H,1,9-16,18H2,2-7H3,(H,33,36). The maximum atomic E-state index is 14.0. The van der Waals surface area contributed by atoms with Crippen LogP contribution in [0.5, 0.6) is 11.5 Å². The molecule has 2 aromatic rings. The fraction of sp³-hybridized carbons (Fsp3) is 0.562. The number of aromatic amines is 1. The first-order chi connectivity index (χ1) is 18.4. The number of carbonyl (C=O) groups excluding carboxylic acids is 1. The normalized spacial score (nSPS) is 29.2. The Morgan fingerprint density at radius 2 is 1.69 bits per heavy atom. The molecule has 1 aromatic carbocycles. The molecule has 2 bridgehead atoms. The lowest BCUT2D eigenvalue weighted by molar-refractivity contribution is -0.211. The third kappa shape index (κ3) is 3.65. The maximum Gasteiger partial charge on any atom is 0.254 e. The van der Waals surface area contributed by atoms with Crippen LogP contribution in [0.4, 0.5) is 0 Å². The lowest BCUT2D eigenvalue weighted by atomic mass is 9.54. The Morgan fingerprint density at radius 1 is 1.05 bits per heavy atom. The van der Waals surface area contributed by atoms with Gasteiger partial charge in [-0.15, -0.1) is 0 Å². The van der Waals surface area contributed by atoms with Crippen molar-refractivity contribution in [1.29, 1.82) is 0 Å². The molecule has 7 rings (SSSR count). The predicted molar refractivity (Wildman–Crippen MR) is 152 cm³/mol. The second kappa shape index (κ2) is 8.72. The van der Waals surface area contributed by atoms with Crippen LogP contribution in [0.25, 0.3) is 6.08 Å². The third-order valence-corrected chi connectivity index (χ3v) is 10.7. The van der Waals surface area contributed by atoms with Crippen molar-refractivity contribution in [3.8, 4) is 11.5 Å². The lowest BCUT2D eigenvalue weighted by Crippen LogP contribution is -2.62. The van der Waals surface area contributed by atoms with Crippen LogP contribution in [0.15, 0.2) is 17.4 Å². The van der Waals surface area contributed by atoms with E-state index in [9.17, 15) is 9.59 Å². The van der Waals surface area contributed by atoms with Gasteiger partial charge in [0.25, 0.3) is 17.3 Å². The number of aryl methyl sites for hydroxylation is 2. The Morgan fingerprint density at radius 3 is 2.28 bits per heavy atom. The average molecular weight is 532 g/mol. The van der Waals surface area contributed by atoms with Crippen molar-refractivity contribution < 1.29 is 14.3 Å². The van der Waals surface area contributed by atoms with Crippen LogP contribution in [0.2, 0.25) is 0 Å². The molecule has 1 aromatic heterocycles. The summed E-state index contributed by atoms with van der Waals surface area (Å²) in [6, 6.07) is 1.96. The third-order valence-electron chi connectivity index (χ3n) is 10.7. The summed E-state index contributed by atoms with van der Waals surface area (Å²) in [7, 11) is 4.42. The molecule has 7 heteroatoms. The molecule has 2 aliphatic heterocycles. The smallest absolute Gasteiger partial charge is 0.254 e. The highest BCUT2D eigenvalue weighted by Gasteiger charge is 2.62. The lowest BCUT2D eigenvalue weighted by Gasteiger charge is -2.59. The molecule has 3 aliphatic carbocycles. The van der Waals surface area contributed by atoms with Gasteiger partial charge in [0.15, 0.2) is 11.5 Å². The van der Waals surface area contributed by atoms with Crippen molar-refractivity contribution in [2.75, 3.05) is 20.6 Å². The summed E-state index contributed by atoms with van der Waals surface area (Å²) in [6.45, 7) is 12.8. The summed E-state index contributed by atoms with van der Waals surface area (Å²) in [5, 5.41) is 0. The van der Waals surface area contributed by atoms with Crippen LogP contribution in [0, 0.1) is 26.2 Å². The molecule has 0 saturated heterocycles. The fourth-order valence-corrected chi connectivity index (χ4v) is 7.96. The molecule has 3 saturated carbocycles. The van der Waals surface area contributed by atoms with E-state index in [1.54, 1.807) is 4.90 Å². The molecule has 39 heavy (non-hydrogen) atoms. The molecular weight excluding hydrogens is 490 g/mol. The van der Waals surface area contributed by atoms with Crippen LogP contribution >= 0.6 is 0 Å². The van der Waals surface area contributed by atoms with Crippen LogP contribution in [0.1, 0.15) is 89.3 Å². The minimum Gasteiger partial charge on any atom is -0.448 e. The molecule has 0 radical (unpaired) electrons. The van der Waals surface area contributed by atoms with Gasteiger partial charge in [0.2, 0.25) is 0 Å². The highest BCUT2D eigenvalue weighted by atomic mass is 16.7. The Hall–Kier alpha value is -3.06. The summed E-state index contributed by atoms with van der Waals surface area (Å²) in [5.41, 5.74) is 5.79. The topological polar surface area (TPSA) is 74.9 Å². The van der Waals surface area contributed by atoms with Gasteiger partial charge in [-0.1, -0.05) is 12.7 Å². The van der Waals surface area contributed by atoms with Gasteiger partial charge in [0, 0.05) is 46.8 Å². The minimum atomic E-state index is -0.782. The van der Waals surface area contributed by atoms with Crippen LogP contribution in [-0.4, -0.2) is 52.7 Å². The number of pyridine rings is 1. The number of carbonyl (C=O) groups is 1. The summed E-state index contributed by atoms with van der Waals surface area (Å²) >= 11 is 0. The number of hydrogen-bond donors (Lipinski definition) is 1. The van der Waals surface area contributed by atoms with Crippen LogP contribution < -0.4 is 15.0 Å². The van der Waals surface area contributed by atoms with Crippen molar-refractivity contribution >= 4 is 12.0 Å². The van der Waals surface area contributed by atoms with E-state index in [1.807, 2.05) is 32.9 Å². The van der Waals surface area contributed by atoms with Crippen LogP contribution in [0.3, 0.4) is 0 Å². The van der Waals surface area contributed by atoms with Gasteiger partial charge in [-0.25, -0.2) is 0 Å². The van der Waals surface area contributed by atoms with E-state index < -0.39 is 5.79 Å². The number of nitrogens with zero attached hydrogens (tertiary/aromatic N) is 2. The molecule has 5 aliphatic rings. The summed E-state index contributed by atoms with van der Waals surface area (Å²) < 4.78 is 13.7. The van der Waals surface area contributed by atoms with Gasteiger partial charge in [-0.05, 0) is 97.0 Å². The zero-order chi connectivity index (χ0) is 27.9. The van der Waals surface area contributed by atoms with E-state index in [4.69, 9.17) is 9.47 Å². The van der Waals surface area contributed by atoms with Gasteiger partial charge < -0.3 is 24.3 Å². The summed E-state index contributed by atoms with van der Waals surface area (Å²) in [6.07, 6.45) is 9.13. The van der Waals surface area contributed by atoms with Crippen molar-refractivity contribution in [1.82, 2.24) is 14.8 Å². The number of ether oxygens (including phenoxy) is 2. The number of aromatic nitrogens is 1. The first kappa shape index (κ1) is 26.2. The van der Waals surface area contributed by atoms with Crippen LogP contribution in [-0.2, 0) is 13.0 Å². The highest BCUT2D eigenvalue weighted by Crippen LogP contribution is 2.63. The van der Waals surface area contributed by atoms with Gasteiger partial charge >= 0.3 is 0 Å². The molecule has 1 unspecified atom stereocenters. The number of H-pyrrole nitrogens is 1. The second-order valence-electron chi connectivity index (χ2n) is 12.7. The zero-order valence-electron chi connectivity index (χ0n) is 24.3. The molecule has 3 heterocycles. The predicted octanol–water partition coefficient (Wildman–Crippen LogP) is 5.28. The fourth-order valence-electron chi connectivity index (χ4n) is 7.96. The largest absolute Gasteiger partial charge is 0.448 e. The summed E-state index contributed by atoms with van der Waals surface area (Å²) in [5.74, 6) is 0.561. The van der Waals surface area contributed by atoms with Gasteiger partial charge in [-0.2, -0.15) is 0 Å². The number of fused-ring (bicyclic) bond motifs is 5. The molecular formula is C32H41N3O4. The number of hydrogen-bond acceptors (Lipinski definition) is 5. The second-order valence-corrected chi connectivity index (χ2v) is 12.7. The van der Waals surface area contributed by atoms with E-state index >= 15 is 0 Å². The van der Waals surface area contributed by atoms with Crippen molar-refractivity contribution in [2.45, 2.75) is 90.5 Å². The minimum absolute atomic E-state index is 0.0603. The molecule has 1 N–H and O–H groups in total. The number of benzene rings is 1. The highest BCUT2D eigenvalue weighted by molar-refractivity contribution is 6.01. The molecule has 1 amide bonds. The maximum absolute atomic E-state index is 14.0. The molecule has 1 atom stereocenters. The molecule has 3 fully saturated rings. The Kier molecular flexibility index (Phi) is 5.85. The first-order valence-electron chi connectivity index (χ1n) is 14.3. The number of rotatable bonds is 5. The van der Waals surface area contributed by atoms with Crippen molar-refractivity contribution in [3.05, 3.63) is 62.1 Å². The molecule has 7 nitrogen and oxygen atoms in total.